The summed E-state index contributed by atoms with van der Waals surface area (Å²) < 4.78 is 5.77. The summed E-state index contributed by atoms with van der Waals surface area (Å²) in [4.78, 5) is 15.0. The molecule has 1 aliphatic heterocycles. The lowest BCUT2D eigenvalue weighted by Crippen LogP contribution is -2.66. The number of amides is 1. The molecular formula is C23H35ClN4O2. The molecule has 1 aromatic carbocycles. The molecule has 0 bridgehead atoms. The van der Waals surface area contributed by atoms with Crippen molar-refractivity contribution in [3.05, 3.63) is 46.6 Å². The van der Waals surface area contributed by atoms with Gasteiger partial charge in [0.1, 0.15) is 5.60 Å². The summed E-state index contributed by atoms with van der Waals surface area (Å²) in [6, 6.07) is 7.53. The summed E-state index contributed by atoms with van der Waals surface area (Å²) in [6.07, 6.45) is 5.48. The largest absolute Gasteiger partial charge is 0.444 e. The van der Waals surface area contributed by atoms with E-state index in [1.165, 1.54) is 5.56 Å². The molecule has 30 heavy (non-hydrogen) atoms. The van der Waals surface area contributed by atoms with Crippen molar-refractivity contribution in [2.75, 3.05) is 19.6 Å². The number of nitrogens with zero attached hydrogens (tertiary/aromatic N) is 1. The topological polar surface area (TPSA) is 93.6 Å². The second kappa shape index (κ2) is 9.16. The smallest absolute Gasteiger partial charge is 0.410 e. The third-order valence-electron chi connectivity index (χ3n) is 6.18. The lowest BCUT2D eigenvalue weighted by molar-refractivity contribution is -0.0135. The Morgan fingerprint density at radius 1 is 1.33 bits per heavy atom. The van der Waals surface area contributed by atoms with Crippen molar-refractivity contribution in [3.8, 4) is 0 Å². The monoisotopic (exact) mass is 434 g/mol. The van der Waals surface area contributed by atoms with Crippen LogP contribution in [0.3, 0.4) is 0 Å². The molecule has 1 heterocycles. The fraction of sp³-hybridized carbons (Fsp3) is 0.609. The number of ether oxygens (including phenoxy) is 1. The maximum Gasteiger partial charge on any atom is 0.410 e. The van der Waals surface area contributed by atoms with Crippen molar-refractivity contribution in [2.45, 2.75) is 69.6 Å². The van der Waals surface area contributed by atoms with Gasteiger partial charge in [0, 0.05) is 36.1 Å². The van der Waals surface area contributed by atoms with Gasteiger partial charge in [-0.1, -0.05) is 30.2 Å². The molecular weight excluding hydrogens is 400 g/mol. The predicted molar refractivity (Wildman–Crippen MR) is 121 cm³/mol. The highest BCUT2D eigenvalue weighted by atomic mass is 35.5. The van der Waals surface area contributed by atoms with Crippen molar-refractivity contribution >= 4 is 17.7 Å². The number of nitrogens with one attached hydrogen (secondary N) is 1. The minimum Gasteiger partial charge on any atom is -0.444 e. The average Bonchev–Trinajstić information content (AvgIpc) is 2.63. The third kappa shape index (κ3) is 4.76. The summed E-state index contributed by atoms with van der Waals surface area (Å²) in [5.74, 6) is 0. The second-order valence-corrected chi connectivity index (χ2v) is 9.81. The van der Waals surface area contributed by atoms with Gasteiger partial charge in [0.25, 0.3) is 0 Å². The van der Waals surface area contributed by atoms with Crippen LogP contribution in [-0.4, -0.2) is 48.3 Å². The number of halogens is 1. The van der Waals surface area contributed by atoms with E-state index in [1.807, 2.05) is 44.0 Å². The summed E-state index contributed by atoms with van der Waals surface area (Å²) in [5.41, 5.74) is 14.0. The maximum absolute atomic E-state index is 13.2. The van der Waals surface area contributed by atoms with Crippen LogP contribution in [0.5, 0.6) is 0 Å². The lowest BCUT2D eigenvalue weighted by Gasteiger charge is -2.56. The van der Waals surface area contributed by atoms with E-state index in [0.717, 1.165) is 24.8 Å². The van der Waals surface area contributed by atoms with Crippen LogP contribution in [0.1, 0.15) is 52.0 Å². The van der Waals surface area contributed by atoms with Gasteiger partial charge in [0.2, 0.25) is 0 Å². The Kier molecular flexibility index (Phi) is 7.00. The van der Waals surface area contributed by atoms with Gasteiger partial charge >= 0.3 is 6.09 Å². The predicted octanol–water partition coefficient (Wildman–Crippen LogP) is 3.53. The van der Waals surface area contributed by atoms with Gasteiger partial charge in [-0.3, -0.25) is 0 Å². The fourth-order valence-corrected chi connectivity index (χ4v) is 4.80. The molecule has 166 valence electrons. The zero-order valence-electron chi connectivity index (χ0n) is 18.3. The summed E-state index contributed by atoms with van der Waals surface area (Å²) in [5, 5.41) is 3.96. The van der Waals surface area contributed by atoms with Crippen molar-refractivity contribution in [1.29, 1.82) is 0 Å². The number of piperidine rings is 1. The van der Waals surface area contributed by atoms with Crippen molar-refractivity contribution < 1.29 is 9.53 Å². The molecule has 1 saturated heterocycles. The highest BCUT2D eigenvalue weighted by Gasteiger charge is 2.54. The number of hydrogen-bond acceptors (Lipinski definition) is 5. The summed E-state index contributed by atoms with van der Waals surface area (Å²) in [7, 11) is 0. The van der Waals surface area contributed by atoms with E-state index in [-0.39, 0.29) is 23.6 Å². The molecule has 2 unspecified atom stereocenters. The van der Waals surface area contributed by atoms with E-state index in [9.17, 15) is 4.79 Å². The zero-order chi connectivity index (χ0) is 21.9. The Bertz CT molecular complexity index is 768. The molecule has 0 spiro atoms. The molecule has 0 radical (unpaired) electrons. The first kappa shape index (κ1) is 22.9. The van der Waals surface area contributed by atoms with Crippen LogP contribution in [0.2, 0.25) is 5.02 Å². The molecule has 6 nitrogen and oxygen atoms in total. The first-order chi connectivity index (χ1) is 14.2. The van der Waals surface area contributed by atoms with Crippen LogP contribution in [0.15, 0.2) is 36.0 Å². The Morgan fingerprint density at radius 2 is 2.00 bits per heavy atom. The Hall–Kier alpha value is -1.76. The third-order valence-corrected chi connectivity index (χ3v) is 6.43. The first-order valence-corrected chi connectivity index (χ1v) is 11.2. The molecule has 1 saturated carbocycles. The highest BCUT2D eigenvalue weighted by Crippen LogP contribution is 2.51. The van der Waals surface area contributed by atoms with Crippen LogP contribution in [0.4, 0.5) is 4.79 Å². The molecule has 1 amide bonds. The number of benzene rings is 1. The molecule has 7 heteroatoms. The average molecular weight is 435 g/mol. The lowest BCUT2D eigenvalue weighted by atomic mass is 9.57. The molecule has 0 aromatic heterocycles. The maximum atomic E-state index is 13.2. The summed E-state index contributed by atoms with van der Waals surface area (Å²) in [6.45, 7) is 7.51. The van der Waals surface area contributed by atoms with Crippen LogP contribution in [0, 0.1) is 0 Å². The first-order valence-electron chi connectivity index (χ1n) is 10.8. The number of rotatable bonds is 5. The van der Waals surface area contributed by atoms with Crippen LogP contribution >= 0.6 is 11.6 Å². The standard InChI is InChI=1S/C23H35ClN4O2/c1-22(2,3)30-21(29)28-14-9-16(15-27-13-12-25)19(26)20(28)23(10-4-11-23)17-5-7-18(24)8-6-17/h5-8,15,19-20,27H,4,9-14,25-26H2,1-3H3/b16-15-. The number of hydrogen-bond donors (Lipinski definition) is 3. The highest BCUT2D eigenvalue weighted by molar-refractivity contribution is 6.30. The van der Waals surface area contributed by atoms with Gasteiger partial charge < -0.3 is 26.4 Å². The Morgan fingerprint density at radius 3 is 2.53 bits per heavy atom. The van der Waals surface area contributed by atoms with Crippen LogP contribution in [-0.2, 0) is 10.2 Å². The Labute approximate surface area is 185 Å². The minimum atomic E-state index is -0.558. The number of likely N-dealkylation sites (tertiary alicyclic amines) is 1. The molecule has 2 fully saturated rings. The van der Waals surface area contributed by atoms with Gasteiger partial charge in [-0.25, -0.2) is 4.79 Å². The normalized spacial score (nSPS) is 25.0. The van der Waals surface area contributed by atoms with E-state index in [0.29, 0.717) is 31.1 Å². The van der Waals surface area contributed by atoms with Crippen molar-refractivity contribution in [1.82, 2.24) is 10.2 Å². The van der Waals surface area contributed by atoms with Crippen LogP contribution in [0.25, 0.3) is 0 Å². The molecule has 1 aliphatic carbocycles. The molecule has 1 aromatic rings. The molecule has 3 rings (SSSR count). The number of carbonyl (C=O) groups excluding carboxylic acids is 1. The fourth-order valence-electron chi connectivity index (χ4n) is 4.67. The van der Waals surface area contributed by atoms with E-state index >= 15 is 0 Å². The quantitative estimate of drug-likeness (QED) is 0.616. The van der Waals surface area contributed by atoms with Crippen molar-refractivity contribution in [2.24, 2.45) is 11.5 Å². The van der Waals surface area contributed by atoms with E-state index in [1.54, 1.807) is 0 Å². The Balaban J connectivity index is 1.98. The van der Waals surface area contributed by atoms with Gasteiger partial charge in [-0.15, -0.1) is 0 Å². The van der Waals surface area contributed by atoms with Gasteiger partial charge in [0.05, 0.1) is 6.04 Å². The molecule has 2 aliphatic rings. The SMILES string of the molecule is CC(C)(C)OC(=O)N1CC/C(=C/NCCN)C(N)C1C1(c2ccc(Cl)cc2)CCC1. The summed E-state index contributed by atoms with van der Waals surface area (Å²) >= 11 is 6.15. The second-order valence-electron chi connectivity index (χ2n) is 9.37. The molecule has 2 atom stereocenters. The van der Waals surface area contributed by atoms with E-state index in [2.05, 4.69) is 17.4 Å². The van der Waals surface area contributed by atoms with Crippen LogP contribution < -0.4 is 16.8 Å². The number of carbonyl (C=O) groups is 1. The van der Waals surface area contributed by atoms with E-state index in [4.69, 9.17) is 27.8 Å². The van der Waals surface area contributed by atoms with Gasteiger partial charge in [-0.2, -0.15) is 0 Å². The van der Waals surface area contributed by atoms with E-state index < -0.39 is 5.60 Å². The number of nitrogens with two attached hydrogens (primary N) is 2. The van der Waals surface area contributed by atoms with Gasteiger partial charge in [-0.05, 0) is 69.5 Å². The zero-order valence-corrected chi connectivity index (χ0v) is 19.0. The minimum absolute atomic E-state index is 0.179. The van der Waals surface area contributed by atoms with Gasteiger partial charge in [0.15, 0.2) is 0 Å². The molecule has 5 N–H and O–H groups in total. The van der Waals surface area contributed by atoms with Crippen molar-refractivity contribution in [3.63, 3.8) is 0 Å².